The number of amides is 1. The Morgan fingerprint density at radius 2 is 2.05 bits per heavy atom. The predicted octanol–water partition coefficient (Wildman–Crippen LogP) is 2.03. The number of rotatable bonds is 4. The number of aliphatic carboxylic acids is 1. The Labute approximate surface area is 131 Å². The highest BCUT2D eigenvalue weighted by molar-refractivity contribution is 14.1. The van der Waals surface area contributed by atoms with Gasteiger partial charge in [0, 0.05) is 15.8 Å². The first-order chi connectivity index (χ1) is 9.54. The number of anilines is 1. The molecule has 1 unspecified atom stereocenters. The number of hydrogen-bond donors (Lipinski definition) is 2. The minimum absolute atomic E-state index is 0.0998. The molecule has 0 bridgehead atoms. The number of carboxylic acid groups (broad SMARTS) is 1. The molecular weight excluding hydrogens is 371 g/mol. The minimum atomic E-state index is -0.771. The molecular formula is C14H17IN2O3. The maximum Gasteiger partial charge on any atom is 0.307 e. The molecule has 0 aliphatic carbocycles. The van der Waals surface area contributed by atoms with E-state index in [1.807, 2.05) is 29.2 Å². The molecule has 2 rings (SSSR count). The summed E-state index contributed by atoms with van der Waals surface area (Å²) in [5.74, 6) is -1.22. The lowest BCUT2D eigenvalue weighted by Gasteiger charge is -2.29. The fourth-order valence-corrected chi connectivity index (χ4v) is 2.70. The van der Waals surface area contributed by atoms with E-state index in [4.69, 9.17) is 5.11 Å². The first kappa shape index (κ1) is 15.2. The highest BCUT2D eigenvalue weighted by atomic mass is 127. The van der Waals surface area contributed by atoms with Crippen LogP contribution in [0.15, 0.2) is 24.3 Å². The molecule has 108 valence electrons. The van der Waals surface area contributed by atoms with E-state index in [1.54, 1.807) is 0 Å². The molecule has 0 radical (unpaired) electrons. The van der Waals surface area contributed by atoms with Crippen LogP contribution in [0.25, 0.3) is 0 Å². The average Bonchev–Trinajstić information content (AvgIpc) is 2.41. The predicted molar refractivity (Wildman–Crippen MR) is 84.6 cm³/mol. The summed E-state index contributed by atoms with van der Waals surface area (Å²) in [4.78, 5) is 24.8. The Balaban J connectivity index is 1.85. The standard InChI is InChI=1S/C14H17IN2O3/c15-11-3-5-12(6-4-11)16-13(18)9-17-7-1-2-10(8-17)14(19)20/h3-6,10H,1-2,7-9H2,(H,16,18)(H,19,20). The summed E-state index contributed by atoms with van der Waals surface area (Å²) in [7, 11) is 0. The lowest BCUT2D eigenvalue weighted by atomic mass is 9.98. The maximum absolute atomic E-state index is 11.9. The Morgan fingerprint density at radius 1 is 1.35 bits per heavy atom. The van der Waals surface area contributed by atoms with Crippen LogP contribution in [-0.2, 0) is 9.59 Å². The molecule has 5 nitrogen and oxygen atoms in total. The number of nitrogens with zero attached hydrogens (tertiary/aromatic N) is 1. The molecule has 1 aliphatic heterocycles. The normalized spacial score (nSPS) is 19.6. The van der Waals surface area contributed by atoms with Gasteiger partial charge in [-0.1, -0.05) is 0 Å². The van der Waals surface area contributed by atoms with E-state index >= 15 is 0 Å². The molecule has 0 aromatic heterocycles. The summed E-state index contributed by atoms with van der Waals surface area (Å²) in [6.45, 7) is 1.48. The third-order valence-electron chi connectivity index (χ3n) is 3.35. The summed E-state index contributed by atoms with van der Waals surface area (Å²) >= 11 is 2.21. The highest BCUT2D eigenvalue weighted by Gasteiger charge is 2.26. The van der Waals surface area contributed by atoms with Crippen molar-refractivity contribution in [1.82, 2.24) is 4.90 Å². The maximum atomic E-state index is 11.9. The first-order valence-electron chi connectivity index (χ1n) is 6.55. The quantitative estimate of drug-likeness (QED) is 0.775. The van der Waals surface area contributed by atoms with E-state index in [9.17, 15) is 9.59 Å². The molecule has 0 saturated carbocycles. The van der Waals surface area contributed by atoms with Crippen LogP contribution in [0.1, 0.15) is 12.8 Å². The molecule has 2 N–H and O–H groups in total. The second-order valence-electron chi connectivity index (χ2n) is 4.97. The molecule has 1 heterocycles. The van der Waals surface area contributed by atoms with Crippen LogP contribution < -0.4 is 5.32 Å². The summed E-state index contributed by atoms with van der Waals surface area (Å²) in [6, 6.07) is 7.57. The lowest BCUT2D eigenvalue weighted by Crippen LogP contribution is -2.42. The molecule has 1 aromatic rings. The second kappa shape index (κ2) is 7.03. The zero-order valence-corrected chi connectivity index (χ0v) is 13.2. The topological polar surface area (TPSA) is 69.6 Å². The van der Waals surface area contributed by atoms with Gasteiger partial charge < -0.3 is 10.4 Å². The molecule has 1 aromatic carbocycles. The van der Waals surface area contributed by atoms with Crippen LogP contribution in [0.2, 0.25) is 0 Å². The van der Waals surface area contributed by atoms with E-state index in [0.29, 0.717) is 13.0 Å². The van der Waals surface area contributed by atoms with Crippen molar-refractivity contribution < 1.29 is 14.7 Å². The van der Waals surface area contributed by atoms with Gasteiger partial charge in [0.2, 0.25) is 5.91 Å². The second-order valence-corrected chi connectivity index (χ2v) is 6.21. The van der Waals surface area contributed by atoms with Gasteiger partial charge in [-0.3, -0.25) is 14.5 Å². The van der Waals surface area contributed by atoms with Crippen molar-refractivity contribution in [1.29, 1.82) is 0 Å². The number of likely N-dealkylation sites (tertiary alicyclic amines) is 1. The van der Waals surface area contributed by atoms with Crippen molar-refractivity contribution in [2.24, 2.45) is 5.92 Å². The Bertz CT molecular complexity index is 490. The van der Waals surface area contributed by atoms with Crippen LogP contribution in [0.4, 0.5) is 5.69 Å². The van der Waals surface area contributed by atoms with Crippen molar-refractivity contribution in [3.05, 3.63) is 27.8 Å². The lowest BCUT2D eigenvalue weighted by molar-refractivity contribution is -0.144. The van der Waals surface area contributed by atoms with Gasteiger partial charge in [-0.15, -0.1) is 0 Å². The fourth-order valence-electron chi connectivity index (χ4n) is 2.34. The van der Waals surface area contributed by atoms with Crippen molar-refractivity contribution in [3.8, 4) is 0 Å². The smallest absolute Gasteiger partial charge is 0.307 e. The van der Waals surface area contributed by atoms with Gasteiger partial charge in [-0.2, -0.15) is 0 Å². The van der Waals surface area contributed by atoms with Crippen LogP contribution in [0.5, 0.6) is 0 Å². The van der Waals surface area contributed by atoms with Gasteiger partial charge >= 0.3 is 5.97 Å². The largest absolute Gasteiger partial charge is 0.481 e. The van der Waals surface area contributed by atoms with Gasteiger partial charge in [-0.05, 0) is 66.2 Å². The molecule has 6 heteroatoms. The molecule has 1 amide bonds. The number of halogens is 1. The zero-order valence-electron chi connectivity index (χ0n) is 11.0. The van der Waals surface area contributed by atoms with E-state index in [-0.39, 0.29) is 18.4 Å². The molecule has 1 saturated heterocycles. The number of piperidine rings is 1. The summed E-state index contributed by atoms with van der Waals surface area (Å²) in [6.07, 6.45) is 1.53. The fraction of sp³-hybridized carbons (Fsp3) is 0.429. The highest BCUT2D eigenvalue weighted by Crippen LogP contribution is 2.16. The SMILES string of the molecule is O=C(CN1CCCC(C(=O)O)C1)Nc1ccc(I)cc1. The van der Waals surface area contributed by atoms with Crippen molar-refractivity contribution in [3.63, 3.8) is 0 Å². The number of carboxylic acids is 1. The number of hydrogen-bond acceptors (Lipinski definition) is 3. The Hall–Kier alpha value is -1.15. The molecule has 1 fully saturated rings. The van der Waals surface area contributed by atoms with E-state index in [2.05, 4.69) is 27.9 Å². The Kier molecular flexibility index (Phi) is 5.36. The molecule has 1 atom stereocenters. The van der Waals surface area contributed by atoms with Gasteiger partial charge in [-0.25, -0.2) is 0 Å². The van der Waals surface area contributed by atoms with Crippen LogP contribution in [0.3, 0.4) is 0 Å². The number of carbonyl (C=O) groups excluding carboxylic acids is 1. The summed E-state index contributed by atoms with van der Waals surface area (Å²) in [5.41, 5.74) is 0.766. The van der Waals surface area contributed by atoms with Gasteiger partial charge in [0.05, 0.1) is 12.5 Å². The average molecular weight is 388 g/mol. The van der Waals surface area contributed by atoms with Crippen LogP contribution in [0, 0.1) is 9.49 Å². The van der Waals surface area contributed by atoms with Gasteiger partial charge in [0.1, 0.15) is 0 Å². The molecule has 0 spiro atoms. The zero-order chi connectivity index (χ0) is 14.5. The number of carbonyl (C=O) groups is 2. The number of nitrogens with one attached hydrogen (secondary N) is 1. The van der Waals surface area contributed by atoms with Gasteiger partial charge in [0.25, 0.3) is 0 Å². The van der Waals surface area contributed by atoms with Gasteiger partial charge in [0.15, 0.2) is 0 Å². The van der Waals surface area contributed by atoms with Crippen LogP contribution in [-0.4, -0.2) is 41.5 Å². The van der Waals surface area contributed by atoms with E-state index < -0.39 is 5.97 Å². The Morgan fingerprint density at radius 3 is 2.70 bits per heavy atom. The first-order valence-corrected chi connectivity index (χ1v) is 7.63. The van der Waals surface area contributed by atoms with Crippen molar-refractivity contribution in [2.45, 2.75) is 12.8 Å². The van der Waals surface area contributed by atoms with E-state index in [0.717, 1.165) is 22.2 Å². The van der Waals surface area contributed by atoms with Crippen molar-refractivity contribution >= 4 is 40.2 Å². The van der Waals surface area contributed by atoms with Crippen LogP contribution >= 0.6 is 22.6 Å². The third-order valence-corrected chi connectivity index (χ3v) is 4.07. The molecule has 20 heavy (non-hydrogen) atoms. The monoisotopic (exact) mass is 388 g/mol. The van der Waals surface area contributed by atoms with E-state index in [1.165, 1.54) is 0 Å². The number of benzene rings is 1. The third kappa shape index (κ3) is 4.45. The summed E-state index contributed by atoms with van der Waals surface area (Å²) in [5, 5.41) is 11.9. The minimum Gasteiger partial charge on any atom is -0.481 e. The van der Waals surface area contributed by atoms with Crippen molar-refractivity contribution in [2.75, 3.05) is 25.0 Å². The molecule has 1 aliphatic rings. The summed E-state index contributed by atoms with van der Waals surface area (Å²) < 4.78 is 1.11.